The number of hydrogen-bond donors (Lipinski definition) is 3. The minimum Gasteiger partial charge on any atom is -0.343 e. The predicted molar refractivity (Wildman–Crippen MR) is 64.0 cm³/mol. The van der Waals surface area contributed by atoms with Gasteiger partial charge >= 0.3 is 0 Å². The molecule has 4 nitrogen and oxygen atoms in total. The molecule has 1 aliphatic heterocycles. The van der Waals surface area contributed by atoms with E-state index in [-0.39, 0.29) is 11.9 Å². The molecule has 0 saturated heterocycles. The number of halogens is 1. The Morgan fingerprint density at radius 2 is 2.39 bits per heavy atom. The molecule has 0 aromatic carbocycles. The van der Waals surface area contributed by atoms with Gasteiger partial charge in [-0.1, -0.05) is 11.6 Å². The molecule has 2 fully saturated rings. The second-order valence-electron chi connectivity index (χ2n) is 5.83. The Labute approximate surface area is 105 Å². The van der Waals surface area contributed by atoms with Gasteiger partial charge < -0.3 is 10.7 Å². The van der Waals surface area contributed by atoms with Gasteiger partial charge in [-0.15, -0.1) is 0 Å². The first-order chi connectivity index (χ1) is 8.72. The summed E-state index contributed by atoms with van der Waals surface area (Å²) < 4.78 is 13.0. The van der Waals surface area contributed by atoms with Gasteiger partial charge in [-0.2, -0.15) is 0 Å². The fourth-order valence-electron chi connectivity index (χ4n) is 3.21. The zero-order chi connectivity index (χ0) is 12.3. The van der Waals surface area contributed by atoms with Crippen LogP contribution in [-0.2, 0) is 4.79 Å². The Kier molecular flexibility index (Phi) is 1.96. The van der Waals surface area contributed by atoms with Crippen molar-refractivity contribution in [3.8, 4) is 0 Å². The molecule has 0 spiro atoms. The zero-order valence-corrected chi connectivity index (χ0v) is 10.1. The summed E-state index contributed by atoms with van der Waals surface area (Å²) in [6.07, 6.45) is 5.75. The van der Waals surface area contributed by atoms with E-state index in [0.29, 0.717) is 11.6 Å². The van der Waals surface area contributed by atoms with Crippen LogP contribution in [0.5, 0.6) is 0 Å². The van der Waals surface area contributed by atoms with Crippen LogP contribution in [0.3, 0.4) is 0 Å². The fourth-order valence-corrected chi connectivity index (χ4v) is 3.21. The van der Waals surface area contributed by atoms with Crippen LogP contribution in [0, 0.1) is 5.92 Å². The molecule has 1 amide bonds. The van der Waals surface area contributed by atoms with Crippen LogP contribution in [-0.4, -0.2) is 24.2 Å². The molecule has 1 heterocycles. The van der Waals surface area contributed by atoms with Crippen LogP contribution in [0.25, 0.3) is 0 Å². The Hall–Kier alpha value is -1.36. The number of amides is 1. The van der Waals surface area contributed by atoms with Crippen LogP contribution in [0.2, 0.25) is 0 Å². The number of fused-ring (bicyclic) bond motifs is 3. The van der Waals surface area contributed by atoms with Gasteiger partial charge in [0.15, 0.2) is 0 Å². The van der Waals surface area contributed by atoms with Crippen molar-refractivity contribution in [1.82, 2.24) is 16.2 Å². The van der Waals surface area contributed by atoms with E-state index in [1.165, 1.54) is 5.57 Å². The second-order valence-corrected chi connectivity index (χ2v) is 5.83. The highest BCUT2D eigenvalue weighted by Gasteiger charge is 2.49. The second kappa shape index (κ2) is 3.35. The van der Waals surface area contributed by atoms with Gasteiger partial charge in [0.2, 0.25) is 0 Å². The van der Waals surface area contributed by atoms with E-state index >= 15 is 0 Å². The van der Waals surface area contributed by atoms with Crippen LogP contribution in [0.15, 0.2) is 22.9 Å². The van der Waals surface area contributed by atoms with Gasteiger partial charge in [0, 0.05) is 11.5 Å². The molecule has 5 heteroatoms. The van der Waals surface area contributed by atoms with Crippen LogP contribution in [0.4, 0.5) is 4.39 Å². The maximum atomic E-state index is 13.0. The number of nitrogens with one attached hydrogen (secondary N) is 3. The fraction of sp³-hybridized carbons (Fsp3) is 0.615. The molecule has 18 heavy (non-hydrogen) atoms. The van der Waals surface area contributed by atoms with Gasteiger partial charge in [0.25, 0.3) is 5.91 Å². The average Bonchev–Trinajstić information content (AvgIpc) is 2.81. The van der Waals surface area contributed by atoms with Crippen molar-refractivity contribution >= 4 is 5.91 Å². The standard InChI is InChI=1S/C13H16FN3O/c14-6-13(2-1-3-13)15-12(18)11-9-5-7-4-8(7)10(9)16-17-11/h5,8,10,16-17H,1-4,6H2,(H,15,18). The summed E-state index contributed by atoms with van der Waals surface area (Å²) in [6, 6.07) is 0.253. The van der Waals surface area contributed by atoms with Crippen molar-refractivity contribution in [1.29, 1.82) is 0 Å². The Morgan fingerprint density at radius 1 is 1.56 bits per heavy atom. The third-order valence-electron chi connectivity index (χ3n) is 4.66. The van der Waals surface area contributed by atoms with Crippen molar-refractivity contribution in [2.75, 3.05) is 6.67 Å². The van der Waals surface area contributed by atoms with Crippen LogP contribution in [0.1, 0.15) is 25.7 Å². The number of carbonyl (C=O) groups is 1. The molecule has 2 saturated carbocycles. The van der Waals surface area contributed by atoms with E-state index in [9.17, 15) is 9.18 Å². The minimum atomic E-state index is -0.598. The lowest BCUT2D eigenvalue weighted by molar-refractivity contribution is -0.121. The first kappa shape index (κ1) is 10.6. The first-order valence-electron chi connectivity index (χ1n) is 6.57. The molecule has 3 aliphatic carbocycles. The molecule has 3 N–H and O–H groups in total. The lowest BCUT2D eigenvalue weighted by atomic mass is 9.77. The molecule has 4 aliphatic rings. The summed E-state index contributed by atoms with van der Waals surface area (Å²) in [5.74, 6) is 0.409. The zero-order valence-electron chi connectivity index (χ0n) is 10.1. The molecule has 0 aromatic rings. The van der Waals surface area contributed by atoms with Crippen LogP contribution < -0.4 is 16.2 Å². The molecule has 2 unspecified atom stereocenters. The van der Waals surface area contributed by atoms with Gasteiger partial charge in [0.05, 0.1) is 11.6 Å². The Morgan fingerprint density at radius 3 is 3.06 bits per heavy atom. The maximum Gasteiger partial charge on any atom is 0.269 e. The molecule has 0 radical (unpaired) electrons. The normalized spacial score (nSPS) is 34.2. The smallest absolute Gasteiger partial charge is 0.269 e. The summed E-state index contributed by atoms with van der Waals surface area (Å²) in [5, 5.41) is 2.86. The van der Waals surface area contributed by atoms with E-state index in [4.69, 9.17) is 0 Å². The SMILES string of the molecule is O=C(NC1(CF)CCC1)C1=C2C=C3CC3C2NN1. The van der Waals surface area contributed by atoms with Gasteiger partial charge in [-0.25, -0.2) is 9.82 Å². The lowest BCUT2D eigenvalue weighted by Gasteiger charge is -2.40. The quantitative estimate of drug-likeness (QED) is 0.689. The number of rotatable bonds is 3. The van der Waals surface area contributed by atoms with E-state index in [1.54, 1.807) is 0 Å². The van der Waals surface area contributed by atoms with E-state index in [0.717, 1.165) is 31.3 Å². The Bertz CT molecular complexity index is 487. The van der Waals surface area contributed by atoms with Crippen LogP contribution >= 0.6 is 0 Å². The van der Waals surface area contributed by atoms with E-state index < -0.39 is 12.2 Å². The number of hydrazine groups is 1. The summed E-state index contributed by atoms with van der Waals surface area (Å²) in [6.45, 7) is -0.470. The summed E-state index contributed by atoms with van der Waals surface area (Å²) in [7, 11) is 0. The number of hydrogen-bond acceptors (Lipinski definition) is 3. The Balaban J connectivity index is 1.55. The summed E-state index contributed by atoms with van der Waals surface area (Å²) >= 11 is 0. The highest BCUT2D eigenvalue weighted by atomic mass is 19.1. The van der Waals surface area contributed by atoms with E-state index in [1.807, 2.05) is 0 Å². The molecular formula is C13H16FN3O. The van der Waals surface area contributed by atoms with Crippen molar-refractivity contribution in [2.24, 2.45) is 5.92 Å². The maximum absolute atomic E-state index is 13.0. The summed E-state index contributed by atoms with van der Waals surface area (Å²) in [4.78, 5) is 12.2. The highest BCUT2D eigenvalue weighted by Crippen LogP contribution is 2.50. The molecule has 0 aromatic heterocycles. The van der Waals surface area contributed by atoms with Crippen molar-refractivity contribution in [3.05, 3.63) is 22.9 Å². The minimum absolute atomic E-state index is 0.171. The average molecular weight is 249 g/mol. The monoisotopic (exact) mass is 249 g/mol. The predicted octanol–water partition coefficient (Wildman–Crippen LogP) is 0.685. The van der Waals surface area contributed by atoms with E-state index in [2.05, 4.69) is 22.2 Å². The van der Waals surface area contributed by atoms with Gasteiger partial charge in [-0.05, 0) is 25.7 Å². The van der Waals surface area contributed by atoms with Gasteiger partial charge in [-0.3, -0.25) is 4.79 Å². The van der Waals surface area contributed by atoms with Crippen molar-refractivity contribution in [2.45, 2.75) is 37.3 Å². The molecule has 2 atom stereocenters. The highest BCUT2D eigenvalue weighted by molar-refractivity contribution is 5.96. The first-order valence-corrected chi connectivity index (χ1v) is 6.57. The molecule has 4 rings (SSSR count). The molecular weight excluding hydrogens is 233 g/mol. The largest absolute Gasteiger partial charge is 0.343 e. The number of alkyl halides is 1. The third-order valence-corrected chi connectivity index (χ3v) is 4.66. The summed E-state index contributed by atoms with van der Waals surface area (Å²) in [5.41, 5.74) is 8.57. The van der Waals surface area contributed by atoms with Crippen molar-refractivity contribution in [3.63, 3.8) is 0 Å². The number of carbonyl (C=O) groups excluding carboxylic acids is 1. The topological polar surface area (TPSA) is 53.2 Å². The molecule has 96 valence electrons. The third kappa shape index (κ3) is 1.31. The van der Waals surface area contributed by atoms with Gasteiger partial charge in [0.1, 0.15) is 12.4 Å². The molecule has 0 bridgehead atoms. The van der Waals surface area contributed by atoms with Crippen molar-refractivity contribution < 1.29 is 9.18 Å². The lowest BCUT2D eigenvalue weighted by Crippen LogP contribution is -2.56.